The maximum atomic E-state index is 12.1. The lowest BCUT2D eigenvalue weighted by Crippen LogP contribution is -2.20. The summed E-state index contributed by atoms with van der Waals surface area (Å²) in [4.78, 5) is 12.1. The molecule has 0 N–H and O–H groups in total. The summed E-state index contributed by atoms with van der Waals surface area (Å²) in [6.07, 6.45) is 9.97. The summed E-state index contributed by atoms with van der Waals surface area (Å²) in [5, 5.41) is 0. The lowest BCUT2D eigenvalue weighted by molar-refractivity contribution is -0.117. The van der Waals surface area contributed by atoms with E-state index in [2.05, 4.69) is 32.2 Å². The van der Waals surface area contributed by atoms with Crippen LogP contribution in [-0.4, -0.2) is 5.78 Å². The predicted octanol–water partition coefficient (Wildman–Crippen LogP) is 5.02. The number of allylic oxidation sites excluding steroid dienone is 6. The number of hydrogen-bond donors (Lipinski definition) is 0. The molecule has 0 aromatic rings. The zero-order valence-corrected chi connectivity index (χ0v) is 12.5. The lowest BCUT2D eigenvalue weighted by Gasteiger charge is -2.24. The summed E-state index contributed by atoms with van der Waals surface area (Å²) >= 11 is 0. The highest BCUT2D eigenvalue weighted by molar-refractivity contribution is 5.96. The second-order valence-corrected chi connectivity index (χ2v) is 5.79. The van der Waals surface area contributed by atoms with Gasteiger partial charge in [-0.3, -0.25) is 4.79 Å². The van der Waals surface area contributed by atoms with Crippen molar-refractivity contribution in [3.05, 3.63) is 48.1 Å². The van der Waals surface area contributed by atoms with Crippen molar-refractivity contribution in [1.29, 1.82) is 0 Å². The fourth-order valence-corrected chi connectivity index (χ4v) is 2.45. The van der Waals surface area contributed by atoms with E-state index in [0.29, 0.717) is 24.0 Å². The van der Waals surface area contributed by atoms with Crippen molar-refractivity contribution in [2.24, 2.45) is 11.8 Å². The number of rotatable bonds is 6. The molecule has 0 amide bonds. The first-order valence-electron chi connectivity index (χ1n) is 7.12. The predicted molar refractivity (Wildman–Crippen MR) is 83.0 cm³/mol. The molecule has 1 heteroatoms. The van der Waals surface area contributed by atoms with E-state index in [4.69, 9.17) is 0 Å². The fraction of sp³-hybridized carbons (Fsp3) is 0.500. The van der Waals surface area contributed by atoms with Crippen molar-refractivity contribution >= 4 is 5.78 Å². The van der Waals surface area contributed by atoms with Gasteiger partial charge in [-0.15, -0.1) is 0 Å². The Balaban J connectivity index is 2.53. The molecule has 1 aliphatic carbocycles. The molecule has 0 aliphatic heterocycles. The van der Waals surface area contributed by atoms with Crippen LogP contribution < -0.4 is 0 Å². The van der Waals surface area contributed by atoms with Crippen LogP contribution in [0.15, 0.2) is 48.1 Å². The van der Waals surface area contributed by atoms with Gasteiger partial charge in [0.15, 0.2) is 5.78 Å². The molecule has 1 aliphatic rings. The van der Waals surface area contributed by atoms with E-state index in [1.54, 1.807) is 0 Å². The maximum Gasteiger partial charge on any atom is 0.159 e. The maximum absolute atomic E-state index is 12.1. The van der Waals surface area contributed by atoms with Crippen LogP contribution in [0.2, 0.25) is 0 Å². The summed E-state index contributed by atoms with van der Waals surface area (Å²) in [5.41, 5.74) is 3.23. The highest BCUT2D eigenvalue weighted by Crippen LogP contribution is 2.30. The Labute approximate surface area is 117 Å². The van der Waals surface area contributed by atoms with E-state index in [1.165, 1.54) is 0 Å². The molecular weight excluding hydrogens is 232 g/mol. The van der Waals surface area contributed by atoms with E-state index < -0.39 is 0 Å². The van der Waals surface area contributed by atoms with Gasteiger partial charge < -0.3 is 0 Å². The molecule has 0 bridgehead atoms. The average molecular weight is 258 g/mol. The standard InChI is InChI=1S/C18H26O/c1-13(2)8-6-7-9-15(5)17-11-10-16(14(3)4)12-18(17)19/h6,8,11,15-16H,1,3,7,9-10,12H2,2,4-5H3/t15?,16-/m0/s1. The third kappa shape index (κ3) is 5.02. The molecule has 1 nitrogen and oxygen atoms in total. The van der Waals surface area contributed by atoms with Crippen molar-refractivity contribution in [3.8, 4) is 0 Å². The lowest BCUT2D eigenvalue weighted by atomic mass is 9.80. The van der Waals surface area contributed by atoms with Crippen LogP contribution in [0.3, 0.4) is 0 Å². The first-order valence-corrected chi connectivity index (χ1v) is 7.12. The summed E-state index contributed by atoms with van der Waals surface area (Å²) < 4.78 is 0. The Bertz CT molecular complexity index is 423. The van der Waals surface area contributed by atoms with Crippen LogP contribution in [0, 0.1) is 11.8 Å². The fourth-order valence-electron chi connectivity index (χ4n) is 2.45. The molecule has 0 spiro atoms. The molecular formula is C18H26O. The van der Waals surface area contributed by atoms with Crippen LogP contribution in [-0.2, 0) is 4.79 Å². The van der Waals surface area contributed by atoms with E-state index in [9.17, 15) is 4.79 Å². The smallest absolute Gasteiger partial charge is 0.159 e. The summed E-state index contributed by atoms with van der Waals surface area (Å²) in [6.45, 7) is 14.0. The highest BCUT2D eigenvalue weighted by atomic mass is 16.1. The van der Waals surface area contributed by atoms with E-state index in [1.807, 2.05) is 19.9 Å². The van der Waals surface area contributed by atoms with Gasteiger partial charge in [-0.2, -0.15) is 0 Å². The van der Waals surface area contributed by atoms with Crippen LogP contribution in [0.5, 0.6) is 0 Å². The summed E-state index contributed by atoms with van der Waals surface area (Å²) in [7, 11) is 0. The van der Waals surface area contributed by atoms with E-state index in [-0.39, 0.29) is 0 Å². The minimum absolute atomic E-state index is 0.315. The van der Waals surface area contributed by atoms with Crippen LogP contribution in [0.4, 0.5) is 0 Å². The summed E-state index contributed by atoms with van der Waals surface area (Å²) in [6, 6.07) is 0. The quantitative estimate of drug-likeness (QED) is 0.483. The van der Waals surface area contributed by atoms with Gasteiger partial charge in [-0.1, -0.05) is 49.5 Å². The monoisotopic (exact) mass is 258 g/mol. The van der Waals surface area contributed by atoms with Gasteiger partial charge in [0, 0.05) is 6.42 Å². The van der Waals surface area contributed by atoms with Gasteiger partial charge in [0.25, 0.3) is 0 Å². The minimum Gasteiger partial charge on any atom is -0.295 e. The number of ketones is 1. The van der Waals surface area contributed by atoms with Crippen molar-refractivity contribution < 1.29 is 4.79 Å². The van der Waals surface area contributed by atoms with Crippen molar-refractivity contribution in [1.82, 2.24) is 0 Å². The first-order chi connectivity index (χ1) is 8.91. The molecule has 19 heavy (non-hydrogen) atoms. The molecule has 104 valence electrons. The molecule has 0 heterocycles. The largest absolute Gasteiger partial charge is 0.295 e. The third-order valence-corrected chi connectivity index (χ3v) is 3.77. The molecule has 0 aromatic carbocycles. The zero-order valence-electron chi connectivity index (χ0n) is 12.5. The second-order valence-electron chi connectivity index (χ2n) is 5.79. The van der Waals surface area contributed by atoms with Crippen LogP contribution >= 0.6 is 0 Å². The SMILES string of the molecule is C=C(C)C=CCCC(C)C1=CC[C@H](C(=C)C)CC1=O. The number of carbonyl (C=O) groups excluding carboxylic acids is 1. The average Bonchev–Trinajstić information content (AvgIpc) is 2.33. The van der Waals surface area contributed by atoms with Gasteiger partial charge in [0.05, 0.1) is 0 Å². The molecule has 0 radical (unpaired) electrons. The Morgan fingerprint density at radius 3 is 2.68 bits per heavy atom. The molecule has 1 rings (SSSR count). The van der Waals surface area contributed by atoms with Crippen LogP contribution in [0.1, 0.15) is 46.5 Å². The Morgan fingerprint density at radius 1 is 1.47 bits per heavy atom. The van der Waals surface area contributed by atoms with Gasteiger partial charge >= 0.3 is 0 Å². The number of hydrogen-bond acceptors (Lipinski definition) is 1. The number of Topliss-reactive ketones (excluding diaryl/α,β-unsaturated/α-hetero) is 1. The summed E-state index contributed by atoms with van der Waals surface area (Å²) in [5.74, 6) is 1.02. The molecule has 2 atom stereocenters. The van der Waals surface area contributed by atoms with Gasteiger partial charge in [-0.05, 0) is 50.5 Å². The molecule has 0 fully saturated rings. The van der Waals surface area contributed by atoms with Gasteiger partial charge in [-0.25, -0.2) is 0 Å². The first kappa shape index (κ1) is 15.7. The topological polar surface area (TPSA) is 17.1 Å². The Kier molecular flexibility index (Phi) is 6.01. The van der Waals surface area contributed by atoms with Crippen molar-refractivity contribution in [2.75, 3.05) is 0 Å². The molecule has 0 aromatic heterocycles. The molecule has 0 saturated heterocycles. The van der Waals surface area contributed by atoms with Gasteiger partial charge in [0.1, 0.15) is 0 Å². The normalized spacial score (nSPS) is 21.3. The van der Waals surface area contributed by atoms with E-state index in [0.717, 1.165) is 36.0 Å². The highest BCUT2D eigenvalue weighted by Gasteiger charge is 2.24. The van der Waals surface area contributed by atoms with Crippen molar-refractivity contribution in [2.45, 2.75) is 46.5 Å². The minimum atomic E-state index is 0.315. The van der Waals surface area contributed by atoms with E-state index >= 15 is 0 Å². The Hall–Kier alpha value is -1.37. The zero-order chi connectivity index (χ0) is 14.4. The van der Waals surface area contributed by atoms with Gasteiger partial charge in [0.2, 0.25) is 0 Å². The Morgan fingerprint density at radius 2 is 2.16 bits per heavy atom. The van der Waals surface area contributed by atoms with Crippen LogP contribution in [0.25, 0.3) is 0 Å². The second kappa shape index (κ2) is 7.28. The molecule has 1 unspecified atom stereocenters. The molecule has 0 saturated carbocycles. The number of carbonyl (C=O) groups is 1. The van der Waals surface area contributed by atoms with Crippen molar-refractivity contribution in [3.63, 3.8) is 0 Å². The third-order valence-electron chi connectivity index (χ3n) is 3.77.